The van der Waals surface area contributed by atoms with Gasteiger partial charge in [-0.15, -0.1) is 0 Å². The second-order valence-electron chi connectivity index (χ2n) is 9.99. The van der Waals surface area contributed by atoms with Crippen molar-refractivity contribution in [3.05, 3.63) is 73.6 Å². The molecule has 0 saturated carbocycles. The Balaban J connectivity index is 0.000000470. The number of likely N-dealkylation sites (tertiary alicyclic amines) is 1. The van der Waals surface area contributed by atoms with Crippen molar-refractivity contribution in [2.45, 2.75) is 50.2 Å². The quantitative estimate of drug-likeness (QED) is 0.447. The molecule has 1 aromatic carbocycles. The SMILES string of the molecule is O=C([O-])C(F)(F)F.O=C(c1cc(Cc2c[nH]c(=O)c3cc(Cl)c(Cl)n23)ccc1F)N1CCC2(CCCC[NH2+]2)CC1. The molecule has 0 unspecified atom stereocenters. The number of nitrogens with two attached hydrogens (primary N) is 1. The van der Waals surface area contributed by atoms with Crippen LogP contribution in [0.15, 0.2) is 35.3 Å². The predicted molar refractivity (Wildman–Crippen MR) is 137 cm³/mol. The summed E-state index contributed by atoms with van der Waals surface area (Å²) in [5, 5.41) is 11.8. The number of aromatic amines is 1. The number of fused-ring (bicyclic) bond motifs is 1. The van der Waals surface area contributed by atoms with Gasteiger partial charge in [-0.25, -0.2) is 4.39 Å². The van der Waals surface area contributed by atoms with Crippen LogP contribution in [0.4, 0.5) is 17.6 Å². The number of carboxylic acid groups (broad SMARTS) is 1. The predicted octanol–water partition coefficient (Wildman–Crippen LogP) is 2.69. The van der Waals surface area contributed by atoms with Gasteiger partial charge in [0.2, 0.25) is 0 Å². The molecule has 0 bridgehead atoms. The van der Waals surface area contributed by atoms with Crippen LogP contribution in [0, 0.1) is 5.82 Å². The lowest BCUT2D eigenvalue weighted by Gasteiger charge is -2.42. The number of rotatable bonds is 3. The first-order valence-corrected chi connectivity index (χ1v) is 13.3. The molecule has 3 aromatic rings. The molecular formula is C26H26Cl2F4N4O4. The van der Waals surface area contributed by atoms with Crippen LogP contribution in [-0.2, 0) is 11.2 Å². The van der Waals surface area contributed by atoms with Crippen LogP contribution in [0.5, 0.6) is 0 Å². The zero-order valence-electron chi connectivity index (χ0n) is 21.1. The van der Waals surface area contributed by atoms with Crippen LogP contribution < -0.4 is 16.0 Å². The standard InChI is InChI=1S/C24H25Cl2FN4O2.C2HF3O2/c25-18-13-20-22(32)28-14-16(31(20)21(18)26)11-15-3-4-19(27)17(12-15)23(33)30-9-6-24(7-10-30)5-1-2-8-29-24;3-2(4,5)1(6)7/h3-4,12-14,29H,1-2,5-11H2,(H,28,32);(H,6,7). The Labute approximate surface area is 235 Å². The van der Waals surface area contributed by atoms with E-state index in [0.717, 1.165) is 24.9 Å². The molecule has 2 aliphatic rings. The minimum atomic E-state index is -5.19. The molecule has 0 radical (unpaired) electrons. The number of carbonyl (C=O) groups is 2. The van der Waals surface area contributed by atoms with Gasteiger partial charge in [0.1, 0.15) is 22.5 Å². The van der Waals surface area contributed by atoms with Crippen LogP contribution in [0.25, 0.3) is 5.52 Å². The Hall–Kier alpha value is -3.09. The summed E-state index contributed by atoms with van der Waals surface area (Å²) in [5.41, 5.74) is 1.78. The van der Waals surface area contributed by atoms with Gasteiger partial charge in [-0.1, -0.05) is 29.3 Å². The molecule has 4 heterocycles. The minimum absolute atomic E-state index is 0.0772. The number of alkyl halides is 3. The molecule has 2 aliphatic heterocycles. The summed E-state index contributed by atoms with van der Waals surface area (Å²) < 4.78 is 47.8. The van der Waals surface area contributed by atoms with E-state index in [9.17, 15) is 27.2 Å². The highest BCUT2D eigenvalue weighted by atomic mass is 35.5. The maximum Gasteiger partial charge on any atom is 0.430 e. The largest absolute Gasteiger partial charge is 0.542 e. The molecule has 0 aliphatic carbocycles. The second-order valence-corrected chi connectivity index (χ2v) is 10.8. The Morgan fingerprint density at radius 1 is 1.10 bits per heavy atom. The number of nitrogens with one attached hydrogen (secondary N) is 1. The summed E-state index contributed by atoms with van der Waals surface area (Å²) >= 11 is 12.4. The first-order chi connectivity index (χ1) is 18.8. The van der Waals surface area contributed by atoms with Crippen molar-refractivity contribution in [3.63, 3.8) is 0 Å². The van der Waals surface area contributed by atoms with Gasteiger partial charge in [-0.3, -0.25) is 14.0 Å². The van der Waals surface area contributed by atoms with E-state index in [-0.39, 0.29) is 32.7 Å². The fourth-order valence-corrected chi connectivity index (χ4v) is 5.73. The smallest absolute Gasteiger partial charge is 0.430 e. The van der Waals surface area contributed by atoms with Crippen molar-refractivity contribution < 1.29 is 37.6 Å². The number of H-pyrrole nitrogens is 1. The number of halogens is 6. The normalized spacial score (nSPS) is 17.0. The van der Waals surface area contributed by atoms with Gasteiger partial charge in [0.25, 0.3) is 11.5 Å². The Morgan fingerprint density at radius 2 is 1.77 bits per heavy atom. The Morgan fingerprint density at radius 3 is 2.38 bits per heavy atom. The molecular weight excluding hydrogens is 579 g/mol. The lowest BCUT2D eigenvalue weighted by molar-refractivity contribution is -0.738. The van der Waals surface area contributed by atoms with Crippen LogP contribution in [-0.4, -0.2) is 57.5 Å². The van der Waals surface area contributed by atoms with E-state index in [2.05, 4.69) is 10.3 Å². The second kappa shape index (κ2) is 11.8. The summed E-state index contributed by atoms with van der Waals surface area (Å²) in [7, 11) is 0. The summed E-state index contributed by atoms with van der Waals surface area (Å²) in [5.74, 6) is -3.80. The number of carboxylic acids is 1. The number of nitrogens with zero attached hydrogens (tertiary/aromatic N) is 2. The highest BCUT2D eigenvalue weighted by Gasteiger charge is 2.40. The third-order valence-corrected chi connectivity index (χ3v) is 8.18. The topological polar surface area (TPSA) is 114 Å². The van der Waals surface area contributed by atoms with E-state index in [1.165, 1.54) is 31.4 Å². The highest BCUT2D eigenvalue weighted by Crippen LogP contribution is 2.29. The van der Waals surface area contributed by atoms with Crippen LogP contribution in [0.1, 0.15) is 53.7 Å². The maximum absolute atomic E-state index is 14.7. The molecule has 3 N–H and O–H groups in total. The highest BCUT2D eigenvalue weighted by molar-refractivity contribution is 6.42. The Kier molecular flexibility index (Phi) is 8.81. The van der Waals surface area contributed by atoms with Crippen molar-refractivity contribution >= 4 is 40.6 Å². The van der Waals surface area contributed by atoms with Gasteiger partial charge in [0.05, 0.1) is 22.7 Å². The van der Waals surface area contributed by atoms with E-state index in [0.29, 0.717) is 30.7 Å². The molecule has 5 rings (SSSR count). The number of carbonyl (C=O) groups excluding carboxylic acids is 2. The molecule has 1 amide bonds. The summed E-state index contributed by atoms with van der Waals surface area (Å²) in [4.78, 5) is 38.6. The lowest BCUT2D eigenvalue weighted by atomic mass is 9.80. The van der Waals surface area contributed by atoms with Crippen molar-refractivity contribution in [2.24, 2.45) is 0 Å². The fraction of sp³-hybridized carbons (Fsp3) is 0.423. The van der Waals surface area contributed by atoms with Crippen molar-refractivity contribution in [1.29, 1.82) is 0 Å². The zero-order chi connectivity index (χ0) is 29.2. The number of aromatic nitrogens is 2. The van der Waals surface area contributed by atoms with E-state index in [1.807, 2.05) is 0 Å². The third kappa shape index (κ3) is 6.45. The number of piperidine rings is 2. The van der Waals surface area contributed by atoms with Crippen molar-refractivity contribution in [1.82, 2.24) is 14.3 Å². The lowest BCUT2D eigenvalue weighted by Crippen LogP contribution is -2.99. The minimum Gasteiger partial charge on any atom is -0.542 e. The van der Waals surface area contributed by atoms with Gasteiger partial charge in [0, 0.05) is 50.7 Å². The summed E-state index contributed by atoms with van der Waals surface area (Å²) in [6.07, 6.45) is 2.30. The average molecular weight is 605 g/mol. The van der Waals surface area contributed by atoms with Gasteiger partial charge in [0.15, 0.2) is 0 Å². The molecule has 2 saturated heterocycles. The van der Waals surface area contributed by atoms with E-state index < -0.39 is 18.0 Å². The number of benzene rings is 1. The number of aliphatic carboxylic acids is 1. The number of hydrogen-bond acceptors (Lipinski definition) is 4. The van der Waals surface area contributed by atoms with Gasteiger partial charge < -0.3 is 25.1 Å². The summed E-state index contributed by atoms with van der Waals surface area (Å²) in [6.45, 7) is 2.45. The van der Waals surface area contributed by atoms with Crippen LogP contribution in [0.2, 0.25) is 10.2 Å². The first kappa shape index (κ1) is 29.9. The fourth-order valence-electron chi connectivity index (χ4n) is 5.29. The first-order valence-electron chi connectivity index (χ1n) is 12.6. The van der Waals surface area contributed by atoms with Crippen molar-refractivity contribution in [3.8, 4) is 0 Å². The van der Waals surface area contributed by atoms with Gasteiger partial charge in [-0.05, 0) is 36.6 Å². The van der Waals surface area contributed by atoms with E-state index in [1.54, 1.807) is 27.6 Å². The van der Waals surface area contributed by atoms with Gasteiger partial charge >= 0.3 is 6.18 Å². The molecule has 40 heavy (non-hydrogen) atoms. The van der Waals surface area contributed by atoms with Crippen LogP contribution in [0.3, 0.4) is 0 Å². The monoisotopic (exact) mass is 604 g/mol. The van der Waals surface area contributed by atoms with E-state index >= 15 is 0 Å². The third-order valence-electron chi connectivity index (χ3n) is 7.42. The number of quaternary nitrogens is 1. The number of amides is 1. The Bertz CT molecular complexity index is 1470. The molecule has 8 nitrogen and oxygen atoms in total. The molecule has 2 aromatic heterocycles. The van der Waals surface area contributed by atoms with E-state index in [4.69, 9.17) is 33.1 Å². The number of hydrogen-bond donors (Lipinski definition) is 2. The zero-order valence-corrected chi connectivity index (χ0v) is 22.6. The van der Waals surface area contributed by atoms with Crippen molar-refractivity contribution in [2.75, 3.05) is 19.6 Å². The molecule has 1 spiro atoms. The maximum atomic E-state index is 14.7. The average Bonchev–Trinajstić information content (AvgIpc) is 3.22. The molecule has 216 valence electrons. The molecule has 0 atom stereocenters. The summed E-state index contributed by atoms with van der Waals surface area (Å²) in [6, 6.07) is 6.09. The van der Waals surface area contributed by atoms with Crippen LogP contribution >= 0.6 is 23.2 Å². The van der Waals surface area contributed by atoms with Gasteiger partial charge in [-0.2, -0.15) is 13.2 Å². The molecule has 2 fully saturated rings. The molecule has 14 heteroatoms.